The van der Waals surface area contributed by atoms with Crippen molar-refractivity contribution >= 4 is 5.91 Å². The molecule has 0 bridgehead atoms. The van der Waals surface area contributed by atoms with Crippen molar-refractivity contribution in [3.05, 3.63) is 41.3 Å². The van der Waals surface area contributed by atoms with E-state index in [1.807, 2.05) is 0 Å². The molecule has 25 heavy (non-hydrogen) atoms. The Labute approximate surface area is 144 Å². The quantitative estimate of drug-likeness (QED) is 0.857. The van der Waals surface area contributed by atoms with Crippen LogP contribution in [0.5, 0.6) is 5.75 Å². The zero-order valence-electron chi connectivity index (χ0n) is 13.7. The fourth-order valence-electron chi connectivity index (χ4n) is 3.73. The Bertz CT molecular complexity index is 833. The number of likely N-dealkylation sites (tertiary alicyclic amines) is 1. The van der Waals surface area contributed by atoms with Gasteiger partial charge in [0, 0.05) is 24.4 Å². The molecule has 1 aliphatic carbocycles. The summed E-state index contributed by atoms with van der Waals surface area (Å²) in [6.07, 6.45) is 3.60. The van der Waals surface area contributed by atoms with Crippen LogP contribution in [-0.2, 0) is 11.2 Å². The lowest BCUT2D eigenvalue weighted by Gasteiger charge is -2.25. The van der Waals surface area contributed by atoms with Crippen molar-refractivity contribution < 1.29 is 18.4 Å². The zero-order valence-corrected chi connectivity index (χ0v) is 13.7. The molecule has 3 heterocycles. The lowest BCUT2D eigenvalue weighted by molar-refractivity contribution is -0.139. The van der Waals surface area contributed by atoms with E-state index in [0.29, 0.717) is 30.6 Å². The highest BCUT2D eigenvalue weighted by Crippen LogP contribution is 2.41. The lowest BCUT2D eigenvalue weighted by atomic mass is 10.1. The predicted octanol–water partition coefficient (Wildman–Crippen LogP) is 2.75. The number of fused-ring (bicyclic) bond motifs is 1. The number of halogens is 1. The third-order valence-corrected chi connectivity index (χ3v) is 5.21. The third kappa shape index (κ3) is 2.49. The van der Waals surface area contributed by atoms with E-state index in [0.717, 1.165) is 31.2 Å². The van der Waals surface area contributed by atoms with E-state index in [9.17, 15) is 9.18 Å². The summed E-state index contributed by atoms with van der Waals surface area (Å²) in [6, 6.07) is 4.61. The van der Waals surface area contributed by atoms with Gasteiger partial charge in [0.05, 0.1) is 6.04 Å². The molecule has 0 spiro atoms. The molecule has 2 aliphatic heterocycles. The summed E-state index contributed by atoms with van der Waals surface area (Å²) < 4.78 is 24.8. The average molecular weight is 343 g/mol. The molecule has 5 rings (SSSR count). The Morgan fingerprint density at radius 2 is 2.16 bits per heavy atom. The number of rotatable bonds is 3. The molecule has 6 nitrogen and oxygen atoms in total. The van der Waals surface area contributed by atoms with Crippen molar-refractivity contribution in [1.82, 2.24) is 15.0 Å². The standard InChI is InChI=1S/C18H18FN3O3/c19-12-4-1-3-11-9-14(24-15(11)12)18(23)22-8-2-5-13(22)16-20-17(25-21-16)10-6-7-10/h1,3-4,10,13-14H,2,5-9H2/t13-,14+/m1/s1. The van der Waals surface area contributed by atoms with Gasteiger partial charge in [0.25, 0.3) is 5.91 Å². The molecule has 1 amide bonds. The van der Waals surface area contributed by atoms with E-state index in [1.54, 1.807) is 17.0 Å². The number of benzene rings is 1. The summed E-state index contributed by atoms with van der Waals surface area (Å²) in [5, 5.41) is 4.09. The van der Waals surface area contributed by atoms with Gasteiger partial charge in [-0.3, -0.25) is 4.79 Å². The van der Waals surface area contributed by atoms with E-state index in [-0.39, 0.29) is 17.7 Å². The first-order chi connectivity index (χ1) is 12.2. The van der Waals surface area contributed by atoms with E-state index in [2.05, 4.69) is 10.1 Å². The molecular weight excluding hydrogens is 325 g/mol. The molecule has 1 aromatic carbocycles. The second-order valence-corrected chi connectivity index (χ2v) is 6.99. The van der Waals surface area contributed by atoms with Gasteiger partial charge in [-0.2, -0.15) is 4.98 Å². The molecule has 0 N–H and O–H groups in total. The summed E-state index contributed by atoms with van der Waals surface area (Å²) in [7, 11) is 0. The van der Waals surface area contributed by atoms with Crippen molar-refractivity contribution in [3.63, 3.8) is 0 Å². The van der Waals surface area contributed by atoms with Crippen molar-refractivity contribution in [2.24, 2.45) is 0 Å². The predicted molar refractivity (Wildman–Crippen MR) is 84.5 cm³/mol. The molecule has 3 aliphatic rings. The SMILES string of the molecule is O=C([C@@H]1Cc2cccc(F)c2O1)N1CCC[C@@H]1c1noc(C2CC2)n1. The molecule has 130 valence electrons. The van der Waals surface area contributed by atoms with Crippen LogP contribution < -0.4 is 4.74 Å². The van der Waals surface area contributed by atoms with Gasteiger partial charge < -0.3 is 14.2 Å². The van der Waals surface area contributed by atoms with E-state index >= 15 is 0 Å². The van der Waals surface area contributed by atoms with Crippen LogP contribution in [0.1, 0.15) is 54.9 Å². The molecule has 0 radical (unpaired) electrons. The second kappa shape index (κ2) is 5.54. The van der Waals surface area contributed by atoms with Crippen LogP contribution >= 0.6 is 0 Å². The molecular formula is C18H18FN3O3. The lowest BCUT2D eigenvalue weighted by Crippen LogP contribution is -2.41. The van der Waals surface area contributed by atoms with Gasteiger partial charge in [0.1, 0.15) is 0 Å². The smallest absolute Gasteiger partial charge is 0.264 e. The van der Waals surface area contributed by atoms with Crippen LogP contribution in [0.25, 0.3) is 0 Å². The van der Waals surface area contributed by atoms with E-state index < -0.39 is 11.9 Å². The molecule has 2 aromatic rings. The minimum absolute atomic E-state index is 0.129. The summed E-state index contributed by atoms with van der Waals surface area (Å²) in [5.41, 5.74) is 0.740. The summed E-state index contributed by atoms with van der Waals surface area (Å²) in [4.78, 5) is 19.2. The van der Waals surface area contributed by atoms with E-state index in [1.165, 1.54) is 6.07 Å². The summed E-state index contributed by atoms with van der Waals surface area (Å²) in [5.74, 6) is 1.30. The molecule has 2 fully saturated rings. The Balaban J connectivity index is 1.35. The number of carbonyl (C=O) groups excluding carboxylic acids is 1. The first-order valence-electron chi connectivity index (χ1n) is 8.79. The van der Waals surface area contributed by atoms with Gasteiger partial charge in [-0.15, -0.1) is 0 Å². The first-order valence-corrected chi connectivity index (χ1v) is 8.79. The number of aromatic nitrogens is 2. The van der Waals surface area contributed by atoms with Crippen molar-refractivity contribution in [3.8, 4) is 5.75 Å². The fourth-order valence-corrected chi connectivity index (χ4v) is 3.73. The maximum absolute atomic E-state index is 13.8. The maximum atomic E-state index is 13.8. The monoisotopic (exact) mass is 343 g/mol. The molecule has 2 atom stereocenters. The number of hydrogen-bond acceptors (Lipinski definition) is 5. The third-order valence-electron chi connectivity index (χ3n) is 5.21. The van der Waals surface area contributed by atoms with Crippen LogP contribution in [-0.4, -0.2) is 33.6 Å². The molecule has 1 saturated carbocycles. The van der Waals surface area contributed by atoms with Crippen LogP contribution in [0.2, 0.25) is 0 Å². The van der Waals surface area contributed by atoms with Crippen LogP contribution in [0.4, 0.5) is 4.39 Å². The number of nitrogens with zero attached hydrogens (tertiary/aromatic N) is 3. The summed E-state index contributed by atoms with van der Waals surface area (Å²) in [6.45, 7) is 0.634. The highest BCUT2D eigenvalue weighted by molar-refractivity contribution is 5.83. The van der Waals surface area contributed by atoms with Crippen molar-refractivity contribution in [1.29, 1.82) is 0 Å². The maximum Gasteiger partial charge on any atom is 0.264 e. The van der Waals surface area contributed by atoms with Gasteiger partial charge in [0.2, 0.25) is 5.89 Å². The first kappa shape index (κ1) is 14.9. The van der Waals surface area contributed by atoms with Gasteiger partial charge >= 0.3 is 0 Å². The van der Waals surface area contributed by atoms with Gasteiger partial charge in [-0.25, -0.2) is 4.39 Å². The van der Waals surface area contributed by atoms with Gasteiger partial charge in [-0.05, 0) is 31.7 Å². The normalized spacial score (nSPS) is 25.1. The number of carbonyl (C=O) groups is 1. The van der Waals surface area contributed by atoms with Crippen molar-refractivity contribution in [2.75, 3.05) is 6.54 Å². The Morgan fingerprint density at radius 3 is 2.96 bits per heavy atom. The Morgan fingerprint density at radius 1 is 1.28 bits per heavy atom. The average Bonchev–Trinajstić information content (AvgIpc) is 3.06. The molecule has 7 heteroatoms. The zero-order chi connectivity index (χ0) is 17.0. The highest BCUT2D eigenvalue weighted by Gasteiger charge is 2.41. The largest absolute Gasteiger partial charge is 0.477 e. The Hall–Kier alpha value is -2.44. The highest BCUT2D eigenvalue weighted by atomic mass is 19.1. The van der Waals surface area contributed by atoms with E-state index in [4.69, 9.17) is 9.26 Å². The molecule has 1 aromatic heterocycles. The molecule has 1 saturated heterocycles. The van der Waals surface area contributed by atoms with Gasteiger partial charge in [0.15, 0.2) is 23.5 Å². The van der Waals surface area contributed by atoms with Gasteiger partial charge in [-0.1, -0.05) is 17.3 Å². The second-order valence-electron chi connectivity index (χ2n) is 6.99. The fraction of sp³-hybridized carbons (Fsp3) is 0.500. The van der Waals surface area contributed by atoms with Crippen LogP contribution in [0, 0.1) is 5.82 Å². The minimum atomic E-state index is -0.678. The topological polar surface area (TPSA) is 68.5 Å². The number of ether oxygens (including phenoxy) is 1. The van der Waals surface area contributed by atoms with Crippen LogP contribution in [0.3, 0.4) is 0 Å². The minimum Gasteiger partial charge on any atom is -0.477 e. The van der Waals surface area contributed by atoms with Crippen molar-refractivity contribution in [2.45, 2.75) is 50.2 Å². The van der Waals surface area contributed by atoms with Crippen LogP contribution in [0.15, 0.2) is 22.7 Å². The molecule has 0 unspecified atom stereocenters. The Kier molecular flexibility index (Phi) is 3.29. The summed E-state index contributed by atoms with van der Waals surface area (Å²) >= 11 is 0. The number of hydrogen-bond donors (Lipinski definition) is 0. The number of para-hydroxylation sites is 1. The number of amides is 1.